The van der Waals surface area contributed by atoms with E-state index in [-0.39, 0.29) is 59.7 Å². The molecule has 3 aliphatic rings. The molecule has 8 bridgehead atoms. The second-order valence-electron chi connectivity index (χ2n) is 17.5. The summed E-state index contributed by atoms with van der Waals surface area (Å²) in [4.78, 5) is 56.4. The van der Waals surface area contributed by atoms with Crippen molar-refractivity contribution in [3.05, 3.63) is 102 Å². The Labute approximate surface area is 379 Å². The molecule has 9 nitrogen and oxygen atoms in total. The maximum absolute atomic E-state index is 14.3. The van der Waals surface area contributed by atoms with Crippen LogP contribution in [0.5, 0.6) is 0 Å². The number of carbonyl (C=O) groups excluding carboxylic acids is 3. The van der Waals surface area contributed by atoms with Gasteiger partial charge in [-0.15, -0.1) is 33.5 Å². The summed E-state index contributed by atoms with van der Waals surface area (Å²) in [5, 5.41) is 6.82. The summed E-state index contributed by atoms with van der Waals surface area (Å²) in [6, 6.07) is 0. The molecule has 0 amide bonds. The second-order valence-corrected chi connectivity index (χ2v) is 17.5. The summed E-state index contributed by atoms with van der Waals surface area (Å²) in [6.07, 6.45) is 19.5. The first kappa shape index (κ1) is 47.8. The molecule has 10 heteroatoms. The van der Waals surface area contributed by atoms with Gasteiger partial charge in [0.15, 0.2) is 5.78 Å². The van der Waals surface area contributed by atoms with Crippen LogP contribution in [0.4, 0.5) is 0 Å². The number of aromatic nitrogens is 3. The van der Waals surface area contributed by atoms with E-state index in [1.54, 1.807) is 0 Å². The van der Waals surface area contributed by atoms with Crippen molar-refractivity contribution in [2.24, 2.45) is 29.6 Å². The number of esters is 2. The van der Waals surface area contributed by atoms with Crippen LogP contribution in [-0.4, -0.2) is 54.5 Å². The summed E-state index contributed by atoms with van der Waals surface area (Å²) >= 11 is 0. The molecule has 0 aromatic carbocycles. The number of ketones is 1. The van der Waals surface area contributed by atoms with Crippen molar-refractivity contribution in [2.75, 3.05) is 13.7 Å². The van der Waals surface area contributed by atoms with Crippen LogP contribution in [-0.2, 0) is 25.5 Å². The summed E-state index contributed by atoms with van der Waals surface area (Å²) in [5.74, 6) is -1.51. The van der Waals surface area contributed by atoms with Crippen molar-refractivity contribution in [3.8, 4) is 0 Å². The van der Waals surface area contributed by atoms with Crippen molar-refractivity contribution in [2.45, 2.75) is 127 Å². The van der Waals surface area contributed by atoms with Gasteiger partial charge in [0, 0.05) is 12.0 Å². The first-order valence-corrected chi connectivity index (χ1v) is 22.2. The van der Waals surface area contributed by atoms with Crippen molar-refractivity contribution in [3.63, 3.8) is 0 Å². The third-order valence-corrected chi connectivity index (χ3v) is 13.4. The Hall–Kier alpha value is -4.28. The van der Waals surface area contributed by atoms with Crippen LogP contribution in [0.15, 0.2) is 29.6 Å². The van der Waals surface area contributed by atoms with E-state index in [1.807, 2.05) is 44.2 Å². The Kier molecular flexibility index (Phi) is 16.2. The zero-order valence-electron chi connectivity index (χ0n) is 38.3. The predicted molar refractivity (Wildman–Crippen MR) is 246 cm³/mol. The average molecular weight is 837 g/mol. The Bertz CT molecular complexity index is 2370. The summed E-state index contributed by atoms with van der Waals surface area (Å²) in [6.45, 7) is 23.5. The van der Waals surface area contributed by atoms with Gasteiger partial charge in [0.2, 0.25) is 0 Å². The van der Waals surface area contributed by atoms with E-state index >= 15 is 0 Å². The minimum atomic E-state index is -1.22. The normalized spacial score (nSPS) is 22.2. The smallest absolute Gasteiger partial charge is 0.664 e. The third kappa shape index (κ3) is 10.0. The van der Waals surface area contributed by atoms with E-state index in [1.165, 1.54) is 44.8 Å². The maximum atomic E-state index is 14.3. The summed E-state index contributed by atoms with van der Waals surface area (Å²) in [7, 11) is 1.29. The van der Waals surface area contributed by atoms with Gasteiger partial charge in [0.25, 0.3) is 0 Å². The third-order valence-electron chi connectivity index (χ3n) is 13.4. The van der Waals surface area contributed by atoms with E-state index in [0.717, 1.165) is 81.1 Å². The Morgan fingerprint density at radius 1 is 0.885 bits per heavy atom. The van der Waals surface area contributed by atoms with Gasteiger partial charge in [-0.25, -0.2) is 0 Å². The van der Waals surface area contributed by atoms with E-state index in [9.17, 15) is 14.4 Å². The molecular weight excluding hydrogens is 773 g/mol. The van der Waals surface area contributed by atoms with Gasteiger partial charge in [-0.2, -0.15) is 11.4 Å². The van der Waals surface area contributed by atoms with E-state index in [2.05, 4.69) is 55.0 Å². The predicted octanol–water partition coefficient (Wildman–Crippen LogP) is 8.95. The molecule has 3 aromatic heterocycles. The largest absolute Gasteiger partial charge is 2.00 e. The van der Waals surface area contributed by atoms with Gasteiger partial charge >= 0.3 is 35.0 Å². The first-order valence-electron chi connectivity index (χ1n) is 22.2. The van der Waals surface area contributed by atoms with E-state index < -0.39 is 11.9 Å². The zero-order valence-corrected chi connectivity index (χ0v) is 39.7. The number of ether oxygens (including phenoxy) is 2. The topological polar surface area (TPSA) is 126 Å². The monoisotopic (exact) mass is 836 g/mol. The summed E-state index contributed by atoms with van der Waals surface area (Å²) < 4.78 is 11.0. The molecule has 322 valence electrons. The van der Waals surface area contributed by atoms with Gasteiger partial charge in [-0.3, -0.25) is 14.4 Å². The molecule has 0 spiro atoms. The quantitative estimate of drug-likeness (QED) is 0.0571. The van der Waals surface area contributed by atoms with Crippen molar-refractivity contribution < 1.29 is 23.9 Å². The molecule has 2 aliphatic heterocycles. The van der Waals surface area contributed by atoms with Gasteiger partial charge in [0.05, 0.1) is 7.11 Å². The molecule has 0 radical (unpaired) electrons. The second kappa shape index (κ2) is 20.7. The van der Waals surface area contributed by atoms with Crippen LogP contribution in [0.2, 0.25) is 0 Å². The number of allylic oxidation sites excluding steroid dienone is 3. The standard InChI is InChI=1S/C51H65N4O5.Mg/c1-12-28(4)17-15-18-29(5)19-16-20-30(6)23-24-60-44(56)22-21-37-33(9)40-25-38-31(7)35(13-2)42(52-38)26-39-32(8)36(14-3)43(53-39)27-41-34(10)45-49(55-41)46(48(37)54-40)47(50(45)57)51(58)59-11;/h13,23,25-29,33,37,47H,2,12,14-22,24H2,1,3-11H3,(H-,54,55,57);/q-3;+2/p-1/b30-23-,39-26-,40-25-,43-27-;/t28-,29+,33+,37+,47-;/m1./s1. The number of hydrogen-bond donors (Lipinski definition) is 0. The Morgan fingerprint density at radius 3 is 2.26 bits per heavy atom. The molecule has 3 aromatic rings. The fraction of sp³-hybridized carbons (Fsp3) is 0.510. The van der Waals surface area contributed by atoms with E-state index in [0.29, 0.717) is 40.2 Å². The SMILES string of the molecule is C=Cc1c2[n-]c(c1C)/C=C1\[N-]/C(=C3\c4[n-]c(c(C)c4C(=O)[C@@H]3C(=O)OC)/C=c3\[n-]/c(c(C)c3CC)=C\2)[C@@H](CCC(=O)OC/C=C(/C)CCC[C@@H](C)CCC[C@H](C)CC)[C@@H]1C.[Mg+2]. The molecule has 1 aliphatic carbocycles. The number of fused-ring (bicyclic) bond motifs is 7. The van der Waals surface area contributed by atoms with Crippen LogP contribution in [0.3, 0.4) is 0 Å². The van der Waals surface area contributed by atoms with Crippen molar-refractivity contribution in [1.82, 2.24) is 15.0 Å². The van der Waals surface area contributed by atoms with Crippen molar-refractivity contribution >= 4 is 70.7 Å². The van der Waals surface area contributed by atoms with Gasteiger partial charge in [0.1, 0.15) is 12.5 Å². The van der Waals surface area contributed by atoms with Gasteiger partial charge < -0.3 is 29.7 Å². The van der Waals surface area contributed by atoms with Gasteiger partial charge in [-0.05, 0) is 88.7 Å². The van der Waals surface area contributed by atoms with Crippen molar-refractivity contribution in [1.29, 1.82) is 0 Å². The van der Waals surface area contributed by atoms with Crippen LogP contribution in [0, 0.1) is 50.4 Å². The fourth-order valence-corrected chi connectivity index (χ4v) is 9.27. The number of rotatable bonds is 17. The minimum Gasteiger partial charge on any atom is -0.664 e. The molecule has 0 N–H and O–H groups in total. The van der Waals surface area contributed by atoms with Crippen LogP contribution < -0.4 is 25.7 Å². The number of carbonyl (C=O) groups is 3. The molecule has 5 heterocycles. The molecule has 1 fully saturated rings. The Balaban J connectivity index is 0.00000704. The number of Topliss-reactive ketones (excluding diaryl/α,β-unsaturated/α-hetero) is 1. The van der Waals surface area contributed by atoms with Gasteiger partial charge in [-0.1, -0.05) is 131 Å². The number of hydrogen-bond acceptors (Lipinski definition) is 5. The molecule has 61 heavy (non-hydrogen) atoms. The van der Waals surface area contributed by atoms with E-state index in [4.69, 9.17) is 29.7 Å². The zero-order chi connectivity index (χ0) is 43.4. The first-order chi connectivity index (χ1) is 28.7. The number of nitrogens with zero attached hydrogens (tertiary/aromatic N) is 4. The number of methoxy groups -OCH3 is 1. The average Bonchev–Trinajstić information content (AvgIpc) is 3.97. The fourth-order valence-electron chi connectivity index (χ4n) is 9.27. The molecular formula is C51H64MgN4O5-2. The van der Waals surface area contributed by atoms with Crippen LogP contribution >= 0.6 is 0 Å². The van der Waals surface area contributed by atoms with Crippen LogP contribution in [0.1, 0.15) is 160 Å². The molecule has 0 unspecified atom stereocenters. The summed E-state index contributed by atoms with van der Waals surface area (Å²) in [5.41, 5.74) is 10.7. The molecule has 6 rings (SSSR count). The Morgan fingerprint density at radius 2 is 1.57 bits per heavy atom. The maximum Gasteiger partial charge on any atom is 2.00 e. The molecule has 1 saturated heterocycles. The molecule has 0 saturated carbocycles. The minimum absolute atomic E-state index is 0. The molecule has 5 atom stereocenters. The van der Waals surface area contributed by atoms with Crippen LogP contribution in [0.25, 0.3) is 35.2 Å².